The second kappa shape index (κ2) is 7.29. The smallest absolute Gasteiger partial charge is 0.0103 e. The molecule has 0 aromatic heterocycles. The molecule has 0 saturated heterocycles. The van der Waals surface area contributed by atoms with E-state index in [0.717, 1.165) is 0 Å². The third-order valence-electron chi connectivity index (χ3n) is 6.06. The Hall–Kier alpha value is -0.780. The summed E-state index contributed by atoms with van der Waals surface area (Å²) < 4.78 is 0. The lowest BCUT2D eigenvalue weighted by molar-refractivity contribution is 0.150. The summed E-state index contributed by atoms with van der Waals surface area (Å²) >= 11 is 0. The normalized spacial score (nSPS) is 14.3. The SMILES string of the molecule is CCC(C)(CC)CC(c1ccccc1)C(C)(CC)CC. The zero-order chi connectivity index (χ0) is 15.2. The molecule has 1 aromatic carbocycles. The fourth-order valence-electron chi connectivity index (χ4n) is 3.23. The van der Waals surface area contributed by atoms with Gasteiger partial charge >= 0.3 is 0 Å². The molecule has 0 heterocycles. The van der Waals surface area contributed by atoms with Gasteiger partial charge in [0.2, 0.25) is 0 Å². The molecule has 114 valence electrons. The molecule has 20 heavy (non-hydrogen) atoms. The second-order valence-electron chi connectivity index (χ2n) is 7.05. The van der Waals surface area contributed by atoms with E-state index in [1.807, 2.05) is 0 Å². The first kappa shape index (κ1) is 17.3. The molecular formula is C20H34. The molecule has 0 bridgehead atoms. The highest BCUT2D eigenvalue weighted by atomic mass is 14.4. The standard InChI is InChI=1S/C20H34/c1-7-19(5,8-2)16-18(20(6,9-3)10-4)17-14-12-11-13-15-17/h11-15,18H,7-10,16H2,1-6H3. The average Bonchev–Trinajstić information content (AvgIpc) is 2.52. The van der Waals surface area contributed by atoms with Gasteiger partial charge in [-0.15, -0.1) is 0 Å². The van der Waals surface area contributed by atoms with Gasteiger partial charge in [-0.2, -0.15) is 0 Å². The first-order valence-corrected chi connectivity index (χ1v) is 8.49. The zero-order valence-corrected chi connectivity index (χ0v) is 14.5. The third-order valence-corrected chi connectivity index (χ3v) is 6.06. The molecule has 0 fully saturated rings. The lowest BCUT2D eigenvalue weighted by Crippen LogP contribution is -2.29. The van der Waals surface area contributed by atoms with E-state index in [1.54, 1.807) is 0 Å². The molecule has 0 saturated carbocycles. The Bertz CT molecular complexity index is 368. The topological polar surface area (TPSA) is 0 Å². The van der Waals surface area contributed by atoms with Crippen molar-refractivity contribution in [2.45, 2.75) is 79.6 Å². The molecule has 1 rings (SSSR count). The van der Waals surface area contributed by atoms with Crippen molar-refractivity contribution < 1.29 is 0 Å². The number of hydrogen-bond donors (Lipinski definition) is 0. The molecule has 1 aromatic rings. The van der Waals surface area contributed by atoms with E-state index in [2.05, 4.69) is 71.9 Å². The highest BCUT2D eigenvalue weighted by Gasteiger charge is 2.36. The van der Waals surface area contributed by atoms with Crippen LogP contribution in [0.25, 0.3) is 0 Å². The van der Waals surface area contributed by atoms with Crippen LogP contribution in [0, 0.1) is 10.8 Å². The molecule has 0 aliphatic heterocycles. The van der Waals surface area contributed by atoms with Gasteiger partial charge in [-0.05, 0) is 28.7 Å². The fraction of sp³-hybridized carbons (Fsp3) is 0.700. The van der Waals surface area contributed by atoms with E-state index in [0.29, 0.717) is 16.7 Å². The first-order chi connectivity index (χ1) is 9.44. The maximum atomic E-state index is 2.48. The summed E-state index contributed by atoms with van der Waals surface area (Å²) in [5.41, 5.74) is 2.41. The van der Waals surface area contributed by atoms with Crippen molar-refractivity contribution in [2.75, 3.05) is 0 Å². The van der Waals surface area contributed by atoms with Crippen molar-refractivity contribution in [2.24, 2.45) is 10.8 Å². The van der Waals surface area contributed by atoms with E-state index in [9.17, 15) is 0 Å². The van der Waals surface area contributed by atoms with Crippen LogP contribution in [0.2, 0.25) is 0 Å². The van der Waals surface area contributed by atoms with Crippen LogP contribution in [0.5, 0.6) is 0 Å². The summed E-state index contributed by atoms with van der Waals surface area (Å²) in [6.07, 6.45) is 6.37. The molecule has 0 aliphatic carbocycles. The molecular weight excluding hydrogens is 240 g/mol. The summed E-state index contributed by atoms with van der Waals surface area (Å²) in [5, 5.41) is 0. The van der Waals surface area contributed by atoms with Crippen molar-refractivity contribution in [3.8, 4) is 0 Å². The van der Waals surface area contributed by atoms with E-state index in [4.69, 9.17) is 0 Å². The maximum absolute atomic E-state index is 2.48. The van der Waals surface area contributed by atoms with Gasteiger partial charge in [0.25, 0.3) is 0 Å². The highest BCUT2D eigenvalue weighted by Crippen LogP contribution is 2.49. The number of hydrogen-bond acceptors (Lipinski definition) is 0. The lowest BCUT2D eigenvalue weighted by atomic mass is 9.63. The van der Waals surface area contributed by atoms with E-state index >= 15 is 0 Å². The molecule has 0 nitrogen and oxygen atoms in total. The summed E-state index contributed by atoms with van der Waals surface area (Å²) in [6, 6.07) is 11.2. The van der Waals surface area contributed by atoms with Crippen LogP contribution in [0.1, 0.15) is 85.1 Å². The van der Waals surface area contributed by atoms with Crippen LogP contribution in [-0.4, -0.2) is 0 Å². The molecule has 0 spiro atoms. The van der Waals surface area contributed by atoms with Crippen molar-refractivity contribution in [3.05, 3.63) is 35.9 Å². The van der Waals surface area contributed by atoms with Gasteiger partial charge in [-0.25, -0.2) is 0 Å². The Morgan fingerprint density at radius 2 is 1.30 bits per heavy atom. The van der Waals surface area contributed by atoms with Gasteiger partial charge < -0.3 is 0 Å². The first-order valence-electron chi connectivity index (χ1n) is 8.49. The maximum Gasteiger partial charge on any atom is -0.0103 e. The molecule has 0 heteroatoms. The van der Waals surface area contributed by atoms with Crippen LogP contribution in [0.15, 0.2) is 30.3 Å². The quantitative estimate of drug-likeness (QED) is 0.488. The lowest BCUT2D eigenvalue weighted by Gasteiger charge is -2.42. The molecule has 0 N–H and O–H groups in total. The molecule has 1 atom stereocenters. The third kappa shape index (κ3) is 3.87. The van der Waals surface area contributed by atoms with Gasteiger partial charge in [0.15, 0.2) is 0 Å². The van der Waals surface area contributed by atoms with Crippen molar-refractivity contribution in [1.29, 1.82) is 0 Å². The van der Waals surface area contributed by atoms with Gasteiger partial charge in [0.1, 0.15) is 0 Å². The van der Waals surface area contributed by atoms with Gasteiger partial charge in [-0.1, -0.05) is 97.6 Å². The van der Waals surface area contributed by atoms with Crippen LogP contribution in [0.3, 0.4) is 0 Å². The second-order valence-corrected chi connectivity index (χ2v) is 7.05. The van der Waals surface area contributed by atoms with Crippen molar-refractivity contribution in [3.63, 3.8) is 0 Å². The van der Waals surface area contributed by atoms with E-state index in [-0.39, 0.29) is 0 Å². The van der Waals surface area contributed by atoms with Gasteiger partial charge in [0, 0.05) is 0 Å². The van der Waals surface area contributed by atoms with Gasteiger partial charge in [0.05, 0.1) is 0 Å². The van der Waals surface area contributed by atoms with Crippen LogP contribution in [0.4, 0.5) is 0 Å². The van der Waals surface area contributed by atoms with E-state index in [1.165, 1.54) is 37.7 Å². The van der Waals surface area contributed by atoms with Crippen LogP contribution >= 0.6 is 0 Å². The number of rotatable bonds is 8. The average molecular weight is 274 g/mol. The Labute approximate surface area is 127 Å². The summed E-state index contributed by atoms with van der Waals surface area (Å²) in [7, 11) is 0. The zero-order valence-electron chi connectivity index (χ0n) is 14.5. The van der Waals surface area contributed by atoms with Crippen LogP contribution < -0.4 is 0 Å². The largest absolute Gasteiger partial charge is 0.0649 e. The summed E-state index contributed by atoms with van der Waals surface area (Å²) in [6.45, 7) is 14.4. The molecule has 0 amide bonds. The summed E-state index contributed by atoms with van der Waals surface area (Å²) in [4.78, 5) is 0. The minimum Gasteiger partial charge on any atom is -0.0649 e. The predicted molar refractivity (Wildman–Crippen MR) is 91.2 cm³/mol. The van der Waals surface area contributed by atoms with E-state index < -0.39 is 0 Å². The minimum absolute atomic E-state index is 0.410. The van der Waals surface area contributed by atoms with Crippen LogP contribution in [-0.2, 0) is 0 Å². The van der Waals surface area contributed by atoms with Crippen molar-refractivity contribution in [1.82, 2.24) is 0 Å². The fourth-order valence-corrected chi connectivity index (χ4v) is 3.23. The highest BCUT2D eigenvalue weighted by molar-refractivity contribution is 5.22. The number of benzene rings is 1. The Balaban J connectivity index is 3.15. The summed E-state index contributed by atoms with van der Waals surface area (Å²) in [5.74, 6) is 0.670. The molecule has 0 radical (unpaired) electrons. The predicted octanol–water partition coefficient (Wildman–Crippen LogP) is 6.81. The molecule has 1 unspecified atom stereocenters. The Morgan fingerprint density at radius 1 is 0.800 bits per heavy atom. The Kier molecular flexibility index (Phi) is 6.30. The minimum atomic E-state index is 0.410. The molecule has 0 aliphatic rings. The van der Waals surface area contributed by atoms with Crippen molar-refractivity contribution >= 4 is 0 Å². The Morgan fingerprint density at radius 3 is 1.70 bits per heavy atom. The monoisotopic (exact) mass is 274 g/mol. The van der Waals surface area contributed by atoms with Gasteiger partial charge in [-0.3, -0.25) is 0 Å².